The Bertz CT molecular complexity index is 1010. The quantitative estimate of drug-likeness (QED) is 0.350. The SMILES string of the molecule is C=CCN(C)C(=O)[C@H]1[C@@H]2SC3(CC2Br)C(C(=O)N(CC=C)Cc2ccccc2)N(CCO)C(=O)[C@H]13. The minimum Gasteiger partial charge on any atom is -0.395 e. The Morgan fingerprint density at radius 2 is 1.91 bits per heavy atom. The molecular weight excluding hydrogens is 530 g/mol. The Hall–Kier alpha value is -2.10. The smallest absolute Gasteiger partial charge is 0.247 e. The molecular formula is C26H32BrN3O4S. The van der Waals surface area contributed by atoms with Crippen LogP contribution >= 0.6 is 27.7 Å². The van der Waals surface area contributed by atoms with Crippen LogP contribution in [0.25, 0.3) is 0 Å². The topological polar surface area (TPSA) is 81.2 Å². The molecule has 9 heteroatoms. The first-order valence-electron chi connectivity index (χ1n) is 11.8. The zero-order chi connectivity index (χ0) is 25.3. The highest BCUT2D eigenvalue weighted by molar-refractivity contribution is 9.09. The molecule has 1 aromatic rings. The number of hydrogen-bond acceptors (Lipinski definition) is 5. The van der Waals surface area contributed by atoms with Crippen LogP contribution in [-0.4, -0.2) is 91.7 Å². The van der Waals surface area contributed by atoms with Crippen molar-refractivity contribution in [3.05, 3.63) is 61.2 Å². The van der Waals surface area contributed by atoms with Crippen LogP contribution in [0.4, 0.5) is 0 Å². The molecule has 6 atom stereocenters. The zero-order valence-electron chi connectivity index (χ0n) is 19.9. The average molecular weight is 563 g/mol. The molecule has 3 aliphatic rings. The summed E-state index contributed by atoms with van der Waals surface area (Å²) in [6, 6.07) is 8.95. The highest BCUT2D eigenvalue weighted by atomic mass is 79.9. The highest BCUT2D eigenvalue weighted by Gasteiger charge is 2.75. The van der Waals surface area contributed by atoms with E-state index in [1.54, 1.807) is 40.8 Å². The van der Waals surface area contributed by atoms with Crippen LogP contribution in [0.2, 0.25) is 0 Å². The summed E-state index contributed by atoms with van der Waals surface area (Å²) in [5.41, 5.74) is 0.982. The number of carbonyl (C=O) groups is 3. The molecule has 1 spiro atoms. The molecule has 3 amide bonds. The van der Waals surface area contributed by atoms with Crippen molar-refractivity contribution in [1.29, 1.82) is 0 Å². The third-order valence-electron chi connectivity index (χ3n) is 7.31. The van der Waals surface area contributed by atoms with Crippen molar-refractivity contribution in [3.8, 4) is 0 Å². The predicted molar refractivity (Wildman–Crippen MR) is 141 cm³/mol. The Labute approximate surface area is 219 Å². The van der Waals surface area contributed by atoms with Gasteiger partial charge in [-0.2, -0.15) is 0 Å². The van der Waals surface area contributed by atoms with Crippen LogP contribution in [0.1, 0.15) is 12.0 Å². The van der Waals surface area contributed by atoms with Gasteiger partial charge >= 0.3 is 0 Å². The number of β-amino-alcohol motifs (C(OH)–C–C–N with tert-alkyl or cyclic N) is 1. The number of nitrogens with zero attached hydrogens (tertiary/aromatic N) is 3. The van der Waals surface area contributed by atoms with Gasteiger partial charge in [0.15, 0.2) is 0 Å². The number of amides is 3. The molecule has 7 nitrogen and oxygen atoms in total. The number of thioether (sulfide) groups is 1. The first-order valence-corrected chi connectivity index (χ1v) is 13.6. The third kappa shape index (κ3) is 4.36. The van der Waals surface area contributed by atoms with Gasteiger partial charge in [-0.15, -0.1) is 24.9 Å². The normalized spacial score (nSPS) is 30.8. The minimum absolute atomic E-state index is 0.00832. The number of likely N-dealkylation sites (N-methyl/N-ethyl adjacent to an activating group) is 1. The molecule has 0 aromatic heterocycles. The fourth-order valence-electron chi connectivity index (χ4n) is 5.94. The highest BCUT2D eigenvalue weighted by Crippen LogP contribution is 2.68. The Morgan fingerprint density at radius 1 is 1.23 bits per heavy atom. The Balaban J connectivity index is 1.73. The number of halogens is 1. The zero-order valence-corrected chi connectivity index (χ0v) is 22.3. The van der Waals surface area contributed by atoms with Gasteiger partial charge in [-0.05, 0) is 12.0 Å². The predicted octanol–water partition coefficient (Wildman–Crippen LogP) is 2.30. The fraction of sp³-hybridized carbons (Fsp3) is 0.500. The van der Waals surface area contributed by atoms with Crippen LogP contribution in [0, 0.1) is 11.8 Å². The summed E-state index contributed by atoms with van der Waals surface area (Å²) in [4.78, 5) is 46.3. The second-order valence-corrected chi connectivity index (χ2v) is 12.1. The van der Waals surface area contributed by atoms with Gasteiger partial charge in [-0.1, -0.05) is 58.4 Å². The lowest BCUT2D eigenvalue weighted by Crippen LogP contribution is -2.55. The summed E-state index contributed by atoms with van der Waals surface area (Å²) < 4.78 is -0.729. The second kappa shape index (κ2) is 10.5. The molecule has 0 radical (unpaired) electrons. The van der Waals surface area contributed by atoms with Crippen molar-refractivity contribution in [2.45, 2.75) is 33.8 Å². The Morgan fingerprint density at radius 3 is 2.54 bits per heavy atom. The standard InChI is InChI=1S/C26H32BrN3O4S/c1-4-11-28(3)23(32)19-20-24(33)30(13-14-31)22(26(20)15-18(27)21(19)35-26)25(34)29(12-5-2)16-17-9-7-6-8-10-17/h4-10,18-22,31H,1-2,11-16H2,3H3/t18?,19-,20+,21-,22?,26?/m1/s1. The first-order chi connectivity index (χ1) is 16.8. The molecule has 2 bridgehead atoms. The molecule has 1 N–H and O–H groups in total. The van der Waals surface area contributed by atoms with Gasteiger partial charge in [0, 0.05) is 43.3 Å². The lowest BCUT2D eigenvalue weighted by molar-refractivity contribution is -0.144. The number of benzene rings is 1. The average Bonchev–Trinajstić information content (AvgIpc) is 3.43. The van der Waals surface area contributed by atoms with E-state index in [1.807, 2.05) is 30.3 Å². The van der Waals surface area contributed by atoms with Gasteiger partial charge in [-0.25, -0.2) is 0 Å². The van der Waals surface area contributed by atoms with E-state index < -0.39 is 22.6 Å². The number of alkyl halides is 1. The van der Waals surface area contributed by atoms with Crippen molar-refractivity contribution in [3.63, 3.8) is 0 Å². The number of fused-ring (bicyclic) bond motifs is 1. The van der Waals surface area contributed by atoms with Crippen LogP contribution in [-0.2, 0) is 20.9 Å². The summed E-state index contributed by atoms with van der Waals surface area (Å²) in [6.07, 6.45) is 3.96. The Kier molecular flexibility index (Phi) is 7.78. The van der Waals surface area contributed by atoms with Gasteiger partial charge in [0.05, 0.1) is 23.2 Å². The van der Waals surface area contributed by atoms with E-state index in [9.17, 15) is 19.5 Å². The molecule has 0 aliphatic carbocycles. The summed E-state index contributed by atoms with van der Waals surface area (Å²) in [7, 11) is 1.72. The van der Waals surface area contributed by atoms with Crippen LogP contribution in [0.5, 0.6) is 0 Å². The van der Waals surface area contributed by atoms with E-state index in [1.165, 1.54) is 4.90 Å². The second-order valence-electron chi connectivity index (χ2n) is 9.42. The van der Waals surface area contributed by atoms with E-state index in [0.717, 1.165) is 5.56 Å². The number of hydrogen-bond donors (Lipinski definition) is 1. The van der Waals surface area contributed by atoms with E-state index in [4.69, 9.17) is 0 Å². The van der Waals surface area contributed by atoms with Crippen molar-refractivity contribution in [1.82, 2.24) is 14.7 Å². The van der Waals surface area contributed by atoms with Crippen LogP contribution in [0.15, 0.2) is 55.6 Å². The molecule has 1 aromatic carbocycles. The van der Waals surface area contributed by atoms with E-state index >= 15 is 0 Å². The summed E-state index contributed by atoms with van der Waals surface area (Å²) in [5.74, 6) is -1.62. The largest absolute Gasteiger partial charge is 0.395 e. The van der Waals surface area contributed by atoms with Crippen molar-refractivity contribution in [2.75, 3.05) is 33.3 Å². The van der Waals surface area contributed by atoms with Gasteiger partial charge in [0.2, 0.25) is 17.7 Å². The lowest BCUT2D eigenvalue weighted by Gasteiger charge is -2.38. The van der Waals surface area contributed by atoms with Crippen LogP contribution in [0.3, 0.4) is 0 Å². The lowest BCUT2D eigenvalue weighted by atomic mass is 9.70. The molecule has 3 unspecified atom stereocenters. The maximum absolute atomic E-state index is 14.2. The van der Waals surface area contributed by atoms with Crippen molar-refractivity contribution >= 4 is 45.4 Å². The van der Waals surface area contributed by atoms with E-state index in [0.29, 0.717) is 26.1 Å². The number of likely N-dealkylation sites (tertiary alicyclic amines) is 1. The molecule has 3 saturated heterocycles. The van der Waals surface area contributed by atoms with Crippen LogP contribution < -0.4 is 0 Å². The van der Waals surface area contributed by atoms with Gasteiger partial charge < -0.3 is 19.8 Å². The maximum Gasteiger partial charge on any atom is 0.247 e. The minimum atomic E-state index is -0.756. The molecule has 3 aliphatic heterocycles. The molecule has 4 rings (SSSR count). The number of carbonyl (C=O) groups excluding carboxylic acids is 3. The van der Waals surface area contributed by atoms with Crippen molar-refractivity contribution < 1.29 is 19.5 Å². The van der Waals surface area contributed by atoms with Gasteiger partial charge in [-0.3, -0.25) is 14.4 Å². The fourth-order valence-corrected chi connectivity index (χ4v) is 9.54. The number of rotatable bonds is 10. The molecule has 35 heavy (non-hydrogen) atoms. The third-order valence-corrected chi connectivity index (χ3v) is 10.5. The monoisotopic (exact) mass is 561 g/mol. The first kappa shape index (κ1) is 26.0. The maximum atomic E-state index is 14.2. The number of aliphatic hydroxyl groups excluding tert-OH is 1. The molecule has 0 saturated carbocycles. The summed E-state index contributed by atoms with van der Waals surface area (Å²) in [6.45, 7) is 8.48. The summed E-state index contributed by atoms with van der Waals surface area (Å²) >= 11 is 5.37. The van der Waals surface area contributed by atoms with E-state index in [2.05, 4.69) is 29.1 Å². The number of aliphatic hydroxyl groups is 1. The van der Waals surface area contributed by atoms with Crippen molar-refractivity contribution in [2.24, 2.45) is 11.8 Å². The summed E-state index contributed by atoms with van der Waals surface area (Å²) in [5, 5.41) is 9.70. The molecule has 188 valence electrons. The molecule has 3 heterocycles. The molecule has 3 fully saturated rings. The van der Waals surface area contributed by atoms with Gasteiger partial charge in [0.1, 0.15) is 6.04 Å². The van der Waals surface area contributed by atoms with Gasteiger partial charge in [0.25, 0.3) is 0 Å². The van der Waals surface area contributed by atoms with E-state index in [-0.39, 0.29) is 41.0 Å².